The minimum Gasteiger partial charge on any atom is -0.375 e. The third-order valence-corrected chi connectivity index (χ3v) is 5.04. The number of aromatic nitrogens is 1. The maximum absolute atomic E-state index is 13.2. The topological polar surface area (TPSA) is 53.4 Å². The fraction of sp³-hybridized carbons (Fsp3) is 0.182. The molecule has 0 aliphatic carbocycles. The van der Waals surface area contributed by atoms with Crippen LogP contribution in [0.1, 0.15) is 22.3 Å². The van der Waals surface area contributed by atoms with Crippen molar-refractivity contribution in [3.8, 4) is 0 Å². The van der Waals surface area contributed by atoms with Crippen LogP contribution in [0.3, 0.4) is 0 Å². The molecule has 1 atom stereocenters. The summed E-state index contributed by atoms with van der Waals surface area (Å²) in [4.78, 5) is 18.5. The van der Waals surface area contributed by atoms with Crippen LogP contribution in [0, 0.1) is 0 Å². The van der Waals surface area contributed by atoms with Crippen LogP contribution in [0.2, 0.25) is 0 Å². The molecule has 4 rings (SSSR count). The fourth-order valence-electron chi connectivity index (χ4n) is 3.66. The number of aliphatic hydroxyl groups is 1. The number of para-hydroxylation sites is 1. The van der Waals surface area contributed by atoms with Crippen molar-refractivity contribution in [3.63, 3.8) is 0 Å². The highest BCUT2D eigenvalue weighted by Gasteiger charge is 2.49. The summed E-state index contributed by atoms with van der Waals surface area (Å²) in [5, 5.41) is 11.3. The van der Waals surface area contributed by atoms with Crippen molar-refractivity contribution in [2.45, 2.75) is 24.7 Å². The molecule has 148 valence electrons. The molecule has 0 spiro atoms. The Labute approximate surface area is 165 Å². The number of pyridine rings is 1. The van der Waals surface area contributed by atoms with E-state index in [4.69, 9.17) is 0 Å². The lowest BCUT2D eigenvalue weighted by Gasteiger charge is -2.23. The van der Waals surface area contributed by atoms with Gasteiger partial charge in [0.25, 0.3) is 5.91 Å². The van der Waals surface area contributed by atoms with Gasteiger partial charge in [0.15, 0.2) is 5.60 Å². The summed E-state index contributed by atoms with van der Waals surface area (Å²) in [6.45, 7) is -0.0710. The monoisotopic (exact) mass is 398 g/mol. The second-order valence-electron chi connectivity index (χ2n) is 7.00. The third-order valence-electron chi connectivity index (χ3n) is 5.04. The number of anilines is 1. The molecular weight excluding hydrogens is 381 g/mol. The van der Waals surface area contributed by atoms with Crippen molar-refractivity contribution in [3.05, 3.63) is 95.3 Å². The first-order valence-corrected chi connectivity index (χ1v) is 8.98. The summed E-state index contributed by atoms with van der Waals surface area (Å²) < 4.78 is 39.1. The molecule has 2 heterocycles. The molecule has 1 N–H and O–H groups in total. The molecule has 0 saturated carbocycles. The summed E-state index contributed by atoms with van der Waals surface area (Å²) >= 11 is 0. The van der Waals surface area contributed by atoms with Crippen molar-refractivity contribution in [1.29, 1.82) is 0 Å². The number of amides is 1. The number of nitrogens with zero attached hydrogens (tertiary/aromatic N) is 2. The number of fused-ring (bicyclic) bond motifs is 1. The molecule has 4 nitrogen and oxygen atoms in total. The van der Waals surface area contributed by atoms with Crippen LogP contribution in [0.5, 0.6) is 0 Å². The van der Waals surface area contributed by atoms with Crippen LogP contribution < -0.4 is 4.90 Å². The van der Waals surface area contributed by atoms with E-state index in [0.717, 1.165) is 17.7 Å². The van der Waals surface area contributed by atoms with Crippen LogP contribution in [0.4, 0.5) is 18.9 Å². The van der Waals surface area contributed by atoms with Crippen molar-refractivity contribution in [2.24, 2.45) is 0 Å². The lowest BCUT2D eigenvalue weighted by Crippen LogP contribution is -2.41. The Bertz CT molecular complexity index is 1050. The van der Waals surface area contributed by atoms with Crippen LogP contribution in [0.15, 0.2) is 73.1 Å². The highest BCUT2D eigenvalue weighted by atomic mass is 19.4. The molecule has 29 heavy (non-hydrogen) atoms. The van der Waals surface area contributed by atoms with E-state index in [2.05, 4.69) is 4.98 Å². The third kappa shape index (κ3) is 3.49. The van der Waals surface area contributed by atoms with Gasteiger partial charge in [0, 0.05) is 24.4 Å². The summed E-state index contributed by atoms with van der Waals surface area (Å²) in [6.07, 6.45) is -1.27. The van der Waals surface area contributed by atoms with Gasteiger partial charge >= 0.3 is 6.18 Å². The van der Waals surface area contributed by atoms with Crippen LogP contribution in [0.25, 0.3) is 0 Å². The molecular formula is C22H17F3N2O2. The van der Waals surface area contributed by atoms with Crippen molar-refractivity contribution < 1.29 is 23.1 Å². The zero-order chi connectivity index (χ0) is 20.6. The Morgan fingerprint density at radius 2 is 1.69 bits per heavy atom. The first-order valence-electron chi connectivity index (χ1n) is 8.98. The van der Waals surface area contributed by atoms with E-state index in [9.17, 15) is 23.1 Å². The molecule has 0 unspecified atom stereocenters. The highest BCUT2D eigenvalue weighted by Crippen LogP contribution is 2.43. The molecule has 0 saturated heterocycles. The number of halogens is 3. The Morgan fingerprint density at radius 1 is 0.966 bits per heavy atom. The predicted molar refractivity (Wildman–Crippen MR) is 101 cm³/mol. The first kappa shape index (κ1) is 19.1. The van der Waals surface area contributed by atoms with E-state index in [1.807, 2.05) is 0 Å². The minimum absolute atomic E-state index is 0.0461. The molecule has 1 aliphatic heterocycles. The van der Waals surface area contributed by atoms with Gasteiger partial charge in [-0.25, -0.2) is 0 Å². The molecule has 0 radical (unpaired) electrons. The van der Waals surface area contributed by atoms with Gasteiger partial charge in [-0.3, -0.25) is 9.78 Å². The summed E-state index contributed by atoms with van der Waals surface area (Å²) in [5.41, 5.74) is -0.579. The molecule has 3 aromatic rings. The van der Waals surface area contributed by atoms with E-state index in [-0.39, 0.29) is 13.0 Å². The summed E-state index contributed by atoms with van der Waals surface area (Å²) in [7, 11) is 0. The summed E-state index contributed by atoms with van der Waals surface area (Å²) in [5.74, 6) is -0.562. The van der Waals surface area contributed by atoms with Crippen LogP contribution >= 0.6 is 0 Å². The van der Waals surface area contributed by atoms with Crippen LogP contribution in [-0.2, 0) is 29.5 Å². The molecule has 1 aliphatic rings. The van der Waals surface area contributed by atoms with Crippen molar-refractivity contribution in [2.75, 3.05) is 4.90 Å². The molecule has 1 aromatic heterocycles. The number of carbonyl (C=O) groups is 1. The largest absolute Gasteiger partial charge is 0.416 e. The molecule has 1 amide bonds. The number of hydrogen-bond donors (Lipinski definition) is 1. The fourth-order valence-corrected chi connectivity index (χ4v) is 3.66. The molecule has 0 bridgehead atoms. The van der Waals surface area contributed by atoms with Gasteiger partial charge in [0.1, 0.15) is 0 Å². The molecule has 2 aromatic carbocycles. The van der Waals surface area contributed by atoms with Gasteiger partial charge in [0.05, 0.1) is 17.8 Å². The second-order valence-corrected chi connectivity index (χ2v) is 7.00. The molecule has 7 heteroatoms. The Balaban J connectivity index is 1.70. The maximum Gasteiger partial charge on any atom is 0.416 e. The number of alkyl halides is 3. The first-order chi connectivity index (χ1) is 13.8. The van der Waals surface area contributed by atoms with Crippen molar-refractivity contribution in [1.82, 2.24) is 4.98 Å². The number of hydrogen-bond acceptors (Lipinski definition) is 3. The van der Waals surface area contributed by atoms with Gasteiger partial charge in [-0.2, -0.15) is 13.2 Å². The maximum atomic E-state index is 13.2. The standard InChI is InChI=1S/C22H17F3N2O2/c23-22(24,25)17-5-3-4-16(12-17)14-27-19-7-2-1-6-18(19)21(29,20(27)28)13-15-8-10-26-11-9-15/h1-12,29H,13-14H2/t21-/m1/s1. The van der Waals surface area contributed by atoms with E-state index >= 15 is 0 Å². The Morgan fingerprint density at radius 3 is 2.41 bits per heavy atom. The SMILES string of the molecule is O=C1N(Cc2cccc(C(F)(F)F)c2)c2ccccc2[C@]1(O)Cc1ccncc1. The average molecular weight is 398 g/mol. The predicted octanol–water partition coefficient (Wildman–Crippen LogP) is 4.08. The number of benzene rings is 2. The highest BCUT2D eigenvalue weighted by molar-refractivity contribution is 6.06. The number of carbonyl (C=O) groups excluding carboxylic acids is 1. The minimum atomic E-state index is -4.47. The van der Waals surface area contributed by atoms with E-state index < -0.39 is 23.2 Å². The quantitative estimate of drug-likeness (QED) is 0.721. The number of rotatable bonds is 4. The normalized spacial score (nSPS) is 18.8. The lowest BCUT2D eigenvalue weighted by atomic mass is 9.89. The van der Waals surface area contributed by atoms with E-state index in [1.54, 1.807) is 48.8 Å². The Kier molecular flexibility index (Phi) is 4.62. The lowest BCUT2D eigenvalue weighted by molar-refractivity contribution is -0.137. The smallest absolute Gasteiger partial charge is 0.375 e. The zero-order valence-electron chi connectivity index (χ0n) is 15.2. The van der Waals surface area contributed by atoms with E-state index in [1.165, 1.54) is 17.0 Å². The van der Waals surface area contributed by atoms with Crippen molar-refractivity contribution >= 4 is 11.6 Å². The van der Waals surface area contributed by atoms with Gasteiger partial charge in [0.2, 0.25) is 0 Å². The van der Waals surface area contributed by atoms with Gasteiger partial charge in [-0.15, -0.1) is 0 Å². The molecule has 0 fully saturated rings. The zero-order valence-corrected chi connectivity index (χ0v) is 15.2. The Hall–Kier alpha value is -3.19. The van der Waals surface area contributed by atoms with E-state index in [0.29, 0.717) is 16.8 Å². The average Bonchev–Trinajstić information content (AvgIpc) is 2.91. The van der Waals surface area contributed by atoms with Gasteiger partial charge in [-0.1, -0.05) is 30.3 Å². The summed E-state index contributed by atoms with van der Waals surface area (Å²) in [6, 6.07) is 15.1. The second kappa shape index (κ2) is 7.00. The van der Waals surface area contributed by atoms with Crippen LogP contribution in [-0.4, -0.2) is 16.0 Å². The van der Waals surface area contributed by atoms with Gasteiger partial charge < -0.3 is 10.0 Å². The van der Waals surface area contributed by atoms with Gasteiger partial charge in [-0.05, 0) is 41.5 Å².